The Balaban J connectivity index is 3.04. The minimum atomic E-state index is -3.69. The maximum atomic E-state index is 13.4. The van der Waals surface area contributed by atoms with Crippen LogP contribution in [0.25, 0.3) is 0 Å². The largest absolute Gasteiger partial charge is 0.310 e. The van der Waals surface area contributed by atoms with Gasteiger partial charge in [-0.3, -0.25) is 0 Å². The van der Waals surface area contributed by atoms with Crippen molar-refractivity contribution in [2.24, 2.45) is 5.92 Å². The van der Waals surface area contributed by atoms with Gasteiger partial charge in [0.15, 0.2) is 0 Å². The van der Waals surface area contributed by atoms with Crippen LogP contribution in [0.4, 0.5) is 4.39 Å². The van der Waals surface area contributed by atoms with Crippen molar-refractivity contribution in [3.8, 4) is 0 Å². The van der Waals surface area contributed by atoms with Crippen molar-refractivity contribution >= 4 is 10.0 Å². The summed E-state index contributed by atoms with van der Waals surface area (Å²) in [7, 11) is -3.69. The maximum absolute atomic E-state index is 13.4. The van der Waals surface area contributed by atoms with E-state index in [1.807, 2.05) is 27.7 Å². The van der Waals surface area contributed by atoms with Gasteiger partial charge >= 0.3 is 0 Å². The lowest BCUT2D eigenvalue weighted by atomic mass is 10.2. The second-order valence-electron chi connectivity index (χ2n) is 5.53. The second-order valence-corrected chi connectivity index (χ2v) is 7.27. The zero-order valence-corrected chi connectivity index (χ0v) is 13.2. The number of nitrogens with one attached hydrogen (secondary N) is 2. The zero-order valence-electron chi connectivity index (χ0n) is 12.4. The molecule has 0 heterocycles. The van der Waals surface area contributed by atoms with Crippen molar-refractivity contribution in [1.82, 2.24) is 10.0 Å². The van der Waals surface area contributed by atoms with Gasteiger partial charge < -0.3 is 5.32 Å². The average molecular weight is 302 g/mol. The van der Waals surface area contributed by atoms with Crippen molar-refractivity contribution in [1.29, 1.82) is 0 Å². The normalized spacial score (nSPS) is 12.3. The van der Waals surface area contributed by atoms with E-state index < -0.39 is 15.8 Å². The average Bonchev–Trinajstić information content (AvgIpc) is 2.35. The molecular formula is C14H23FN2O2S. The summed E-state index contributed by atoms with van der Waals surface area (Å²) in [6.45, 7) is 8.47. The molecule has 1 rings (SSSR count). The number of benzene rings is 1. The standard InChI is InChI=1S/C14H23FN2O2S/c1-10(2)8-17-20(18,19)14-7-13(15)6-5-12(14)9-16-11(3)4/h5-7,10-11,16-17H,8-9H2,1-4H3. The minimum absolute atomic E-state index is 0.00583. The fraction of sp³-hybridized carbons (Fsp3) is 0.571. The van der Waals surface area contributed by atoms with Crippen LogP contribution in [-0.4, -0.2) is 21.0 Å². The third-order valence-electron chi connectivity index (χ3n) is 2.70. The van der Waals surface area contributed by atoms with Gasteiger partial charge in [0.1, 0.15) is 5.82 Å². The van der Waals surface area contributed by atoms with Crippen LogP contribution in [0.5, 0.6) is 0 Å². The van der Waals surface area contributed by atoms with E-state index in [0.29, 0.717) is 18.7 Å². The molecule has 4 nitrogen and oxygen atoms in total. The lowest BCUT2D eigenvalue weighted by molar-refractivity contribution is 0.550. The van der Waals surface area contributed by atoms with Gasteiger partial charge in [0.05, 0.1) is 4.90 Å². The predicted molar refractivity (Wildman–Crippen MR) is 78.4 cm³/mol. The van der Waals surface area contributed by atoms with E-state index in [9.17, 15) is 12.8 Å². The molecule has 1 aromatic rings. The molecular weight excluding hydrogens is 279 g/mol. The molecule has 114 valence electrons. The molecule has 0 aliphatic rings. The topological polar surface area (TPSA) is 58.2 Å². The molecule has 0 amide bonds. The van der Waals surface area contributed by atoms with Gasteiger partial charge in [-0.1, -0.05) is 33.8 Å². The summed E-state index contributed by atoms with van der Waals surface area (Å²) in [6.07, 6.45) is 0. The highest BCUT2D eigenvalue weighted by molar-refractivity contribution is 7.89. The van der Waals surface area contributed by atoms with Crippen LogP contribution in [0, 0.1) is 11.7 Å². The van der Waals surface area contributed by atoms with E-state index in [-0.39, 0.29) is 16.9 Å². The van der Waals surface area contributed by atoms with Gasteiger partial charge in [-0.15, -0.1) is 0 Å². The summed E-state index contributed by atoms with van der Waals surface area (Å²) in [5.74, 6) is -0.362. The molecule has 0 spiro atoms. The van der Waals surface area contributed by atoms with Crippen LogP contribution in [-0.2, 0) is 16.6 Å². The van der Waals surface area contributed by atoms with Gasteiger partial charge in [-0.25, -0.2) is 17.5 Å². The van der Waals surface area contributed by atoms with Crippen molar-refractivity contribution in [3.63, 3.8) is 0 Å². The van der Waals surface area contributed by atoms with Gasteiger partial charge in [-0.05, 0) is 23.6 Å². The van der Waals surface area contributed by atoms with E-state index in [1.54, 1.807) is 0 Å². The van der Waals surface area contributed by atoms with Crippen LogP contribution < -0.4 is 10.0 Å². The molecule has 0 saturated carbocycles. The summed E-state index contributed by atoms with van der Waals surface area (Å²) in [5.41, 5.74) is 0.566. The summed E-state index contributed by atoms with van der Waals surface area (Å²) in [5, 5.41) is 3.14. The Kier molecular flexibility index (Phi) is 6.10. The first kappa shape index (κ1) is 17.1. The fourth-order valence-corrected chi connectivity index (χ4v) is 3.05. The molecule has 0 radical (unpaired) electrons. The van der Waals surface area contributed by atoms with Crippen LogP contribution in [0.3, 0.4) is 0 Å². The predicted octanol–water partition coefficient (Wildman–Crippen LogP) is 2.26. The number of rotatable bonds is 7. The molecule has 0 aliphatic heterocycles. The quantitative estimate of drug-likeness (QED) is 0.812. The van der Waals surface area contributed by atoms with E-state index in [2.05, 4.69) is 10.0 Å². The lowest BCUT2D eigenvalue weighted by Crippen LogP contribution is -2.30. The van der Waals surface area contributed by atoms with Crippen LogP contribution >= 0.6 is 0 Å². The Bertz CT molecular complexity index is 542. The highest BCUT2D eigenvalue weighted by atomic mass is 32.2. The van der Waals surface area contributed by atoms with E-state index in [4.69, 9.17) is 0 Å². The summed E-state index contributed by atoms with van der Waals surface area (Å²) in [4.78, 5) is 0.00583. The first-order chi connectivity index (χ1) is 9.22. The van der Waals surface area contributed by atoms with Crippen LogP contribution in [0.1, 0.15) is 33.3 Å². The zero-order chi connectivity index (χ0) is 15.3. The molecule has 0 bridgehead atoms. The molecule has 2 N–H and O–H groups in total. The van der Waals surface area contributed by atoms with E-state index in [0.717, 1.165) is 6.07 Å². The van der Waals surface area contributed by atoms with Crippen molar-refractivity contribution < 1.29 is 12.8 Å². The molecule has 0 unspecified atom stereocenters. The fourth-order valence-electron chi connectivity index (χ4n) is 1.59. The smallest absolute Gasteiger partial charge is 0.241 e. The second kappa shape index (κ2) is 7.15. The first-order valence-electron chi connectivity index (χ1n) is 6.74. The minimum Gasteiger partial charge on any atom is -0.310 e. The molecule has 0 saturated heterocycles. The number of sulfonamides is 1. The Hall–Kier alpha value is -0.980. The van der Waals surface area contributed by atoms with Crippen molar-refractivity contribution in [2.75, 3.05) is 6.54 Å². The maximum Gasteiger partial charge on any atom is 0.241 e. The Labute approximate surface area is 120 Å². The Morgan fingerprint density at radius 1 is 1.20 bits per heavy atom. The Morgan fingerprint density at radius 2 is 1.85 bits per heavy atom. The summed E-state index contributed by atoms with van der Waals surface area (Å²) in [6, 6.07) is 4.08. The van der Waals surface area contributed by atoms with Gasteiger partial charge in [0, 0.05) is 19.1 Å². The molecule has 1 aromatic carbocycles. The van der Waals surface area contributed by atoms with Gasteiger partial charge in [0.25, 0.3) is 0 Å². The van der Waals surface area contributed by atoms with Crippen LogP contribution in [0.2, 0.25) is 0 Å². The van der Waals surface area contributed by atoms with Crippen molar-refractivity contribution in [2.45, 2.75) is 45.2 Å². The monoisotopic (exact) mass is 302 g/mol. The molecule has 0 atom stereocenters. The molecule has 6 heteroatoms. The lowest BCUT2D eigenvalue weighted by Gasteiger charge is -2.14. The van der Waals surface area contributed by atoms with Gasteiger partial charge in [-0.2, -0.15) is 0 Å². The first-order valence-corrected chi connectivity index (χ1v) is 8.22. The summed E-state index contributed by atoms with van der Waals surface area (Å²) >= 11 is 0. The summed E-state index contributed by atoms with van der Waals surface area (Å²) < 4.78 is 40.4. The van der Waals surface area contributed by atoms with E-state index >= 15 is 0 Å². The SMILES string of the molecule is CC(C)CNS(=O)(=O)c1cc(F)ccc1CNC(C)C. The van der Waals surface area contributed by atoms with Crippen molar-refractivity contribution in [3.05, 3.63) is 29.6 Å². The van der Waals surface area contributed by atoms with Gasteiger partial charge in [0.2, 0.25) is 10.0 Å². The van der Waals surface area contributed by atoms with E-state index in [1.165, 1.54) is 12.1 Å². The number of halogens is 1. The molecule has 0 fully saturated rings. The third-order valence-corrected chi connectivity index (χ3v) is 4.21. The van der Waals surface area contributed by atoms with Crippen LogP contribution in [0.15, 0.2) is 23.1 Å². The number of hydrogen-bond donors (Lipinski definition) is 2. The third kappa shape index (κ3) is 5.19. The molecule has 0 aromatic heterocycles. The number of hydrogen-bond acceptors (Lipinski definition) is 3. The highest BCUT2D eigenvalue weighted by Crippen LogP contribution is 2.17. The molecule has 20 heavy (non-hydrogen) atoms. The Morgan fingerprint density at radius 3 is 2.40 bits per heavy atom. The molecule has 0 aliphatic carbocycles. The highest BCUT2D eigenvalue weighted by Gasteiger charge is 2.19.